The molecule has 0 bridgehead atoms. The molecule has 2 amide bonds. The van der Waals surface area contributed by atoms with E-state index in [-0.39, 0.29) is 35.9 Å². The van der Waals surface area contributed by atoms with Crippen LogP contribution in [0, 0.1) is 17.2 Å². The van der Waals surface area contributed by atoms with E-state index in [0.29, 0.717) is 25.5 Å². The zero-order valence-corrected chi connectivity index (χ0v) is 13.1. The van der Waals surface area contributed by atoms with E-state index in [9.17, 15) is 9.59 Å². The lowest BCUT2D eigenvalue weighted by Crippen LogP contribution is -2.60. The van der Waals surface area contributed by atoms with Gasteiger partial charge in [0.15, 0.2) is 5.69 Å². The fourth-order valence-corrected chi connectivity index (χ4v) is 3.02. The molecule has 0 spiro atoms. The van der Waals surface area contributed by atoms with Gasteiger partial charge in [-0.2, -0.15) is 5.26 Å². The van der Waals surface area contributed by atoms with Gasteiger partial charge in [0, 0.05) is 40.2 Å². The number of aromatic nitrogens is 2. The van der Waals surface area contributed by atoms with E-state index in [1.54, 1.807) is 25.2 Å². The summed E-state index contributed by atoms with van der Waals surface area (Å²) < 4.78 is 0. The zero-order chi connectivity index (χ0) is 16.6. The average molecular weight is 314 g/mol. The molecule has 8 nitrogen and oxygen atoms in total. The van der Waals surface area contributed by atoms with Crippen LogP contribution in [0.5, 0.6) is 0 Å². The summed E-state index contributed by atoms with van der Waals surface area (Å²) in [6.45, 7) is 1.79. The molecule has 8 heteroatoms. The third-order valence-corrected chi connectivity index (χ3v) is 4.31. The molecule has 1 aromatic heterocycles. The molecule has 3 rings (SSSR count). The van der Waals surface area contributed by atoms with Gasteiger partial charge in [-0.3, -0.25) is 14.6 Å². The van der Waals surface area contributed by atoms with Crippen molar-refractivity contribution in [3.63, 3.8) is 0 Å². The summed E-state index contributed by atoms with van der Waals surface area (Å²) >= 11 is 0. The third-order valence-electron chi connectivity index (χ3n) is 4.31. The minimum atomic E-state index is -0.242. The zero-order valence-electron chi connectivity index (χ0n) is 13.1. The van der Waals surface area contributed by atoms with Gasteiger partial charge in [0.25, 0.3) is 0 Å². The number of nitrogens with zero attached hydrogens (tertiary/aromatic N) is 6. The molecule has 2 saturated heterocycles. The Labute approximate surface area is 134 Å². The Balaban J connectivity index is 1.60. The van der Waals surface area contributed by atoms with Crippen molar-refractivity contribution in [1.29, 1.82) is 5.26 Å². The van der Waals surface area contributed by atoms with Crippen LogP contribution in [0.15, 0.2) is 12.4 Å². The number of rotatable bonds is 3. The van der Waals surface area contributed by atoms with Crippen molar-refractivity contribution in [3.8, 4) is 6.07 Å². The lowest BCUT2D eigenvalue weighted by molar-refractivity contribution is -0.133. The number of amides is 2. The smallest absolute Gasteiger partial charge is 0.227 e. The SMILES string of the molecule is CN(C)C(=O)C1CC(=O)N(C2CN(c3cncc(C#N)n3)C2)C1. The van der Waals surface area contributed by atoms with Crippen molar-refractivity contribution in [2.45, 2.75) is 12.5 Å². The maximum atomic E-state index is 12.2. The van der Waals surface area contributed by atoms with Crippen LogP contribution >= 0.6 is 0 Å². The Morgan fingerprint density at radius 2 is 2.09 bits per heavy atom. The van der Waals surface area contributed by atoms with E-state index < -0.39 is 0 Å². The van der Waals surface area contributed by atoms with Crippen molar-refractivity contribution in [3.05, 3.63) is 18.1 Å². The van der Waals surface area contributed by atoms with Crippen LogP contribution in [0.3, 0.4) is 0 Å². The topological polar surface area (TPSA) is 93.4 Å². The highest BCUT2D eigenvalue weighted by molar-refractivity contribution is 5.89. The largest absolute Gasteiger partial charge is 0.351 e. The molecule has 0 N–H and O–H groups in total. The predicted octanol–water partition coefficient (Wildman–Crippen LogP) is -0.526. The maximum Gasteiger partial charge on any atom is 0.227 e. The highest BCUT2D eigenvalue weighted by Gasteiger charge is 2.42. The molecular formula is C15H18N6O2. The van der Waals surface area contributed by atoms with Gasteiger partial charge >= 0.3 is 0 Å². The molecule has 0 radical (unpaired) electrons. The first kappa shape index (κ1) is 15.2. The van der Waals surface area contributed by atoms with Crippen LogP contribution in [0.4, 0.5) is 5.82 Å². The van der Waals surface area contributed by atoms with Crippen LogP contribution < -0.4 is 4.90 Å². The first-order valence-electron chi connectivity index (χ1n) is 7.47. The Kier molecular flexibility index (Phi) is 3.86. The number of anilines is 1. The van der Waals surface area contributed by atoms with Gasteiger partial charge in [0.05, 0.1) is 24.4 Å². The molecule has 120 valence electrons. The summed E-state index contributed by atoms with van der Waals surface area (Å²) in [5.41, 5.74) is 0.278. The van der Waals surface area contributed by atoms with E-state index in [2.05, 4.69) is 9.97 Å². The lowest BCUT2D eigenvalue weighted by atomic mass is 10.1. The number of hydrogen-bond acceptors (Lipinski definition) is 6. The summed E-state index contributed by atoms with van der Waals surface area (Å²) in [5.74, 6) is 0.442. The normalized spacial score (nSPS) is 21.1. The van der Waals surface area contributed by atoms with E-state index in [1.807, 2.05) is 11.0 Å². The van der Waals surface area contributed by atoms with Crippen LogP contribution in [0.1, 0.15) is 12.1 Å². The second kappa shape index (κ2) is 5.83. The second-order valence-electron chi connectivity index (χ2n) is 6.11. The van der Waals surface area contributed by atoms with Gasteiger partial charge in [-0.05, 0) is 0 Å². The number of carbonyl (C=O) groups excluding carboxylic acids is 2. The van der Waals surface area contributed by atoms with Gasteiger partial charge in [-0.15, -0.1) is 0 Å². The van der Waals surface area contributed by atoms with Crippen LogP contribution in [-0.2, 0) is 9.59 Å². The average Bonchev–Trinajstić information content (AvgIpc) is 2.87. The van der Waals surface area contributed by atoms with E-state index >= 15 is 0 Å². The molecule has 23 heavy (non-hydrogen) atoms. The van der Waals surface area contributed by atoms with E-state index in [4.69, 9.17) is 5.26 Å². The Morgan fingerprint density at radius 1 is 1.35 bits per heavy atom. The third kappa shape index (κ3) is 2.82. The molecule has 2 fully saturated rings. The minimum absolute atomic E-state index is 0.00428. The number of carbonyl (C=O) groups is 2. The number of likely N-dealkylation sites (tertiary alicyclic amines) is 1. The van der Waals surface area contributed by atoms with Gasteiger partial charge in [0.1, 0.15) is 11.9 Å². The Morgan fingerprint density at radius 3 is 2.74 bits per heavy atom. The molecule has 1 atom stereocenters. The van der Waals surface area contributed by atoms with Crippen molar-refractivity contribution in [2.75, 3.05) is 38.6 Å². The standard InChI is InChI=1S/C15H18N6O2/c1-19(2)15(23)10-3-14(22)21(7-10)12-8-20(9-12)13-6-17-5-11(4-16)18-13/h5-6,10,12H,3,7-9H2,1-2H3. The highest BCUT2D eigenvalue weighted by atomic mass is 16.2. The highest BCUT2D eigenvalue weighted by Crippen LogP contribution is 2.28. The fourth-order valence-electron chi connectivity index (χ4n) is 3.02. The van der Waals surface area contributed by atoms with Crippen LogP contribution in [0.2, 0.25) is 0 Å². The lowest BCUT2D eigenvalue weighted by Gasteiger charge is -2.44. The summed E-state index contributed by atoms with van der Waals surface area (Å²) in [5, 5.41) is 8.86. The van der Waals surface area contributed by atoms with Crippen molar-refractivity contribution in [1.82, 2.24) is 19.8 Å². The van der Waals surface area contributed by atoms with Crippen LogP contribution in [-0.4, -0.2) is 71.4 Å². The first-order valence-corrected chi connectivity index (χ1v) is 7.47. The van der Waals surface area contributed by atoms with Gasteiger partial charge < -0.3 is 14.7 Å². The maximum absolute atomic E-state index is 12.2. The number of nitriles is 1. The first-order chi connectivity index (χ1) is 11.0. The minimum Gasteiger partial charge on any atom is -0.351 e. The molecule has 2 aliphatic heterocycles. The summed E-state index contributed by atoms with van der Waals surface area (Å²) in [6.07, 6.45) is 3.32. The molecule has 3 heterocycles. The molecule has 0 saturated carbocycles. The molecule has 0 aromatic carbocycles. The van der Waals surface area contributed by atoms with Gasteiger partial charge in [-0.1, -0.05) is 0 Å². The van der Waals surface area contributed by atoms with Crippen molar-refractivity contribution < 1.29 is 9.59 Å². The molecule has 1 aromatic rings. The second-order valence-corrected chi connectivity index (χ2v) is 6.11. The Bertz CT molecular complexity index is 677. The van der Waals surface area contributed by atoms with Gasteiger partial charge in [-0.25, -0.2) is 4.98 Å². The number of hydrogen-bond donors (Lipinski definition) is 0. The Hall–Kier alpha value is -2.69. The molecule has 1 unspecified atom stereocenters. The molecule has 0 aliphatic carbocycles. The molecular weight excluding hydrogens is 296 g/mol. The summed E-state index contributed by atoms with van der Waals surface area (Å²) in [7, 11) is 3.42. The van der Waals surface area contributed by atoms with E-state index in [1.165, 1.54) is 11.1 Å². The summed E-state index contributed by atoms with van der Waals surface area (Å²) in [4.78, 5) is 37.7. The van der Waals surface area contributed by atoms with Gasteiger partial charge in [0.2, 0.25) is 11.8 Å². The van der Waals surface area contributed by atoms with E-state index in [0.717, 1.165) is 0 Å². The fraction of sp³-hybridized carbons (Fsp3) is 0.533. The predicted molar refractivity (Wildman–Crippen MR) is 81.3 cm³/mol. The quantitative estimate of drug-likeness (QED) is 0.745. The monoisotopic (exact) mass is 314 g/mol. The van der Waals surface area contributed by atoms with Crippen LogP contribution in [0.25, 0.3) is 0 Å². The van der Waals surface area contributed by atoms with Crippen molar-refractivity contribution >= 4 is 17.6 Å². The summed E-state index contributed by atoms with van der Waals surface area (Å²) in [6, 6.07) is 2.06. The molecule has 2 aliphatic rings. The van der Waals surface area contributed by atoms with Crippen molar-refractivity contribution in [2.24, 2.45) is 5.92 Å².